The van der Waals surface area contributed by atoms with Gasteiger partial charge in [-0.05, 0) is 67.1 Å². The Labute approximate surface area is 203 Å². The molecule has 0 aliphatic rings. The number of nitrogens with zero attached hydrogens (tertiary/aromatic N) is 1. The SMILES string of the molecule is COc1ccc(NS(=O)(=O)c2cc(C(=O)NNc3nc4ccc(Br)cc4s3)ccc2C)cc1. The fraction of sp³-hybridized carbons (Fsp3) is 0.0909. The standard InChI is InChI=1S/C22H19BrN4O4S2/c1-13-3-4-14(11-20(13)33(29,30)27-16-6-8-17(31-2)9-7-16)21(28)25-26-22-24-18-10-5-15(23)12-19(18)32-22/h3-12,27H,1-2H3,(H,24,26)(H,25,28). The van der Waals surface area contributed by atoms with Gasteiger partial charge in [-0.15, -0.1) is 0 Å². The van der Waals surface area contributed by atoms with Crippen molar-refractivity contribution in [3.05, 3.63) is 76.3 Å². The van der Waals surface area contributed by atoms with Crippen LogP contribution in [0.5, 0.6) is 5.75 Å². The Bertz CT molecular complexity index is 1440. The normalized spacial score (nSPS) is 11.2. The van der Waals surface area contributed by atoms with Gasteiger partial charge in [-0.2, -0.15) is 0 Å². The number of halogens is 1. The molecule has 4 aromatic rings. The van der Waals surface area contributed by atoms with Crippen LogP contribution in [0.15, 0.2) is 70.0 Å². The summed E-state index contributed by atoms with van der Waals surface area (Å²) < 4.78 is 35.4. The van der Waals surface area contributed by atoms with E-state index in [-0.39, 0.29) is 10.5 Å². The van der Waals surface area contributed by atoms with Gasteiger partial charge >= 0.3 is 0 Å². The van der Waals surface area contributed by atoms with Crippen molar-refractivity contribution in [2.45, 2.75) is 11.8 Å². The summed E-state index contributed by atoms with van der Waals surface area (Å²) in [4.78, 5) is 17.1. The lowest BCUT2D eigenvalue weighted by Gasteiger charge is -2.12. The summed E-state index contributed by atoms with van der Waals surface area (Å²) in [5, 5.41) is 0.512. The second-order valence-corrected chi connectivity index (χ2v) is 10.6. The lowest BCUT2D eigenvalue weighted by atomic mass is 10.1. The number of methoxy groups -OCH3 is 1. The first-order valence-electron chi connectivity index (χ1n) is 9.65. The number of anilines is 2. The molecule has 1 heterocycles. The van der Waals surface area contributed by atoms with Crippen LogP contribution in [0.3, 0.4) is 0 Å². The summed E-state index contributed by atoms with van der Waals surface area (Å²) in [5.41, 5.74) is 7.24. The summed E-state index contributed by atoms with van der Waals surface area (Å²) in [6.07, 6.45) is 0. The molecule has 0 saturated carbocycles. The third-order valence-corrected chi connectivity index (χ3v) is 7.67. The Morgan fingerprint density at radius 3 is 2.55 bits per heavy atom. The van der Waals surface area contributed by atoms with Gasteiger partial charge in [0.25, 0.3) is 15.9 Å². The highest BCUT2D eigenvalue weighted by atomic mass is 79.9. The van der Waals surface area contributed by atoms with Crippen molar-refractivity contribution >= 4 is 64.2 Å². The van der Waals surface area contributed by atoms with Crippen molar-refractivity contribution in [2.24, 2.45) is 0 Å². The smallest absolute Gasteiger partial charge is 0.269 e. The van der Waals surface area contributed by atoms with E-state index >= 15 is 0 Å². The van der Waals surface area contributed by atoms with Gasteiger partial charge in [-0.25, -0.2) is 13.4 Å². The number of hydrogen-bond donors (Lipinski definition) is 3. The molecule has 0 unspecified atom stereocenters. The fourth-order valence-corrected chi connectivity index (χ4v) is 5.74. The Morgan fingerprint density at radius 1 is 1.06 bits per heavy atom. The molecule has 1 aromatic heterocycles. The van der Waals surface area contributed by atoms with Crippen molar-refractivity contribution < 1.29 is 17.9 Å². The van der Waals surface area contributed by atoms with Crippen LogP contribution in [0.4, 0.5) is 10.8 Å². The van der Waals surface area contributed by atoms with Crippen LogP contribution in [0.1, 0.15) is 15.9 Å². The van der Waals surface area contributed by atoms with Crippen molar-refractivity contribution in [3.8, 4) is 5.75 Å². The highest BCUT2D eigenvalue weighted by Crippen LogP contribution is 2.28. The maximum absolute atomic E-state index is 13.0. The van der Waals surface area contributed by atoms with Gasteiger partial charge in [0, 0.05) is 15.7 Å². The average molecular weight is 547 g/mol. The molecule has 170 valence electrons. The van der Waals surface area contributed by atoms with E-state index in [1.165, 1.54) is 24.5 Å². The van der Waals surface area contributed by atoms with Crippen LogP contribution in [0.25, 0.3) is 10.2 Å². The minimum Gasteiger partial charge on any atom is -0.497 e. The van der Waals surface area contributed by atoms with Crippen LogP contribution in [-0.4, -0.2) is 26.4 Å². The van der Waals surface area contributed by atoms with E-state index in [0.717, 1.165) is 14.7 Å². The third kappa shape index (κ3) is 5.27. The lowest BCUT2D eigenvalue weighted by molar-refractivity contribution is 0.0962. The maximum atomic E-state index is 13.0. The molecule has 0 bridgehead atoms. The van der Waals surface area contributed by atoms with Crippen LogP contribution in [0, 0.1) is 6.92 Å². The van der Waals surface area contributed by atoms with E-state index in [0.29, 0.717) is 22.1 Å². The number of ether oxygens (including phenoxy) is 1. The number of nitrogens with one attached hydrogen (secondary N) is 3. The molecule has 0 aliphatic heterocycles. The molecule has 0 spiro atoms. The molecule has 0 aliphatic carbocycles. The van der Waals surface area contributed by atoms with Crippen molar-refractivity contribution in [1.29, 1.82) is 0 Å². The number of thiazole rings is 1. The Kier molecular flexibility index (Phi) is 6.54. The van der Waals surface area contributed by atoms with Gasteiger partial charge in [-0.3, -0.25) is 20.4 Å². The largest absolute Gasteiger partial charge is 0.497 e. The zero-order valence-corrected chi connectivity index (χ0v) is 20.8. The monoisotopic (exact) mass is 546 g/mol. The van der Waals surface area contributed by atoms with Crippen LogP contribution >= 0.6 is 27.3 Å². The van der Waals surface area contributed by atoms with Crippen LogP contribution in [0.2, 0.25) is 0 Å². The molecule has 0 atom stereocenters. The number of rotatable bonds is 7. The van der Waals surface area contributed by atoms with E-state index in [1.807, 2.05) is 18.2 Å². The summed E-state index contributed by atoms with van der Waals surface area (Å²) >= 11 is 4.80. The molecule has 3 N–H and O–H groups in total. The second-order valence-electron chi connectivity index (χ2n) is 7.02. The topological polar surface area (TPSA) is 109 Å². The van der Waals surface area contributed by atoms with Crippen molar-refractivity contribution in [2.75, 3.05) is 17.3 Å². The van der Waals surface area contributed by atoms with Crippen LogP contribution < -0.4 is 20.3 Å². The van der Waals surface area contributed by atoms with Crippen molar-refractivity contribution in [3.63, 3.8) is 0 Å². The fourth-order valence-electron chi connectivity index (χ4n) is 3.03. The maximum Gasteiger partial charge on any atom is 0.269 e. The highest BCUT2D eigenvalue weighted by Gasteiger charge is 2.20. The number of aromatic nitrogens is 1. The first-order chi connectivity index (χ1) is 15.7. The number of carbonyl (C=O) groups is 1. The summed E-state index contributed by atoms with van der Waals surface area (Å²) in [6.45, 7) is 1.67. The molecule has 0 saturated heterocycles. The number of aryl methyl sites for hydroxylation is 1. The first kappa shape index (κ1) is 23.0. The Hall–Kier alpha value is -3.15. The molecular formula is C22H19BrN4O4S2. The van der Waals surface area contributed by atoms with Gasteiger partial charge in [0.15, 0.2) is 0 Å². The molecule has 33 heavy (non-hydrogen) atoms. The summed E-state index contributed by atoms with van der Waals surface area (Å²) in [7, 11) is -2.38. The highest BCUT2D eigenvalue weighted by molar-refractivity contribution is 9.10. The number of hydrogen-bond acceptors (Lipinski definition) is 7. The van der Waals surface area contributed by atoms with E-state index < -0.39 is 15.9 Å². The van der Waals surface area contributed by atoms with Gasteiger partial charge in [0.2, 0.25) is 5.13 Å². The number of carbonyl (C=O) groups excluding carboxylic acids is 1. The first-order valence-corrected chi connectivity index (χ1v) is 12.7. The molecule has 0 radical (unpaired) electrons. The Morgan fingerprint density at radius 2 is 1.82 bits per heavy atom. The quantitative estimate of drug-likeness (QED) is 0.283. The molecule has 8 nitrogen and oxygen atoms in total. The molecule has 3 aromatic carbocycles. The molecular weight excluding hydrogens is 528 g/mol. The minimum atomic E-state index is -3.91. The molecule has 4 rings (SSSR count). The number of fused-ring (bicyclic) bond motifs is 1. The van der Waals surface area contributed by atoms with E-state index in [2.05, 4.69) is 36.5 Å². The molecule has 0 fully saturated rings. The zero-order chi connectivity index (χ0) is 23.6. The molecule has 1 amide bonds. The minimum absolute atomic E-state index is 0.0100. The Balaban J connectivity index is 1.50. The summed E-state index contributed by atoms with van der Waals surface area (Å²) in [6, 6.07) is 16.7. The zero-order valence-electron chi connectivity index (χ0n) is 17.5. The van der Waals surface area contributed by atoms with E-state index in [4.69, 9.17) is 4.74 Å². The summed E-state index contributed by atoms with van der Waals surface area (Å²) in [5.74, 6) is 0.123. The van der Waals surface area contributed by atoms with Crippen LogP contribution in [-0.2, 0) is 10.0 Å². The number of hydrazine groups is 1. The predicted molar refractivity (Wildman–Crippen MR) is 133 cm³/mol. The number of sulfonamides is 1. The molecule has 11 heteroatoms. The van der Waals surface area contributed by atoms with E-state index in [9.17, 15) is 13.2 Å². The average Bonchev–Trinajstić information content (AvgIpc) is 3.20. The third-order valence-electron chi connectivity index (χ3n) is 4.72. The van der Waals surface area contributed by atoms with Crippen molar-refractivity contribution in [1.82, 2.24) is 10.4 Å². The van der Waals surface area contributed by atoms with Gasteiger partial charge in [-0.1, -0.05) is 33.3 Å². The lowest BCUT2D eigenvalue weighted by Crippen LogP contribution is -2.29. The second kappa shape index (κ2) is 9.38. The van der Waals surface area contributed by atoms with Gasteiger partial charge in [0.1, 0.15) is 5.75 Å². The van der Waals surface area contributed by atoms with E-state index in [1.54, 1.807) is 43.3 Å². The number of benzene rings is 3. The number of amides is 1. The van der Waals surface area contributed by atoms with Gasteiger partial charge < -0.3 is 4.74 Å². The van der Waals surface area contributed by atoms with Gasteiger partial charge in [0.05, 0.1) is 22.2 Å². The predicted octanol–water partition coefficient (Wildman–Crippen LogP) is 4.93.